The molecule has 2 fully saturated rings. The largest absolute Gasteiger partial charge is 0.375 e. The Morgan fingerprint density at radius 2 is 2.18 bits per heavy atom. The van der Waals surface area contributed by atoms with E-state index in [0.29, 0.717) is 6.04 Å². The number of carbonyl (C=O) groups is 1. The quantitative estimate of drug-likeness (QED) is 0.804. The Morgan fingerprint density at radius 3 is 2.71 bits per heavy atom. The highest BCUT2D eigenvalue weighted by atomic mass is 16.5. The third-order valence-electron chi connectivity index (χ3n) is 4.05. The summed E-state index contributed by atoms with van der Waals surface area (Å²) < 4.78 is 5.89. The SMILES string of the molecule is CC(NC1CCOC2(CCC2)C1)C(=O)N(C)C. The van der Waals surface area contributed by atoms with E-state index >= 15 is 0 Å². The zero-order valence-electron chi connectivity index (χ0n) is 11.2. The Bertz CT molecular complexity index is 287. The van der Waals surface area contributed by atoms with E-state index in [2.05, 4.69) is 5.32 Å². The van der Waals surface area contributed by atoms with Gasteiger partial charge in [0.1, 0.15) is 0 Å². The van der Waals surface area contributed by atoms with Gasteiger partial charge in [0.25, 0.3) is 0 Å². The van der Waals surface area contributed by atoms with Crippen molar-refractivity contribution >= 4 is 5.91 Å². The summed E-state index contributed by atoms with van der Waals surface area (Å²) in [5.41, 5.74) is 0.150. The van der Waals surface area contributed by atoms with Crippen LogP contribution in [0.4, 0.5) is 0 Å². The number of carbonyl (C=O) groups excluding carboxylic acids is 1. The van der Waals surface area contributed by atoms with E-state index in [-0.39, 0.29) is 17.6 Å². The number of ether oxygens (including phenoxy) is 1. The lowest BCUT2D eigenvalue weighted by atomic mass is 9.74. The van der Waals surface area contributed by atoms with Gasteiger partial charge in [-0.05, 0) is 39.0 Å². The molecule has 1 saturated carbocycles. The van der Waals surface area contributed by atoms with Gasteiger partial charge in [-0.3, -0.25) is 4.79 Å². The molecule has 98 valence electrons. The van der Waals surface area contributed by atoms with E-state index in [4.69, 9.17) is 4.74 Å². The molecule has 1 aliphatic carbocycles. The lowest BCUT2D eigenvalue weighted by molar-refractivity contribution is -0.140. The highest BCUT2D eigenvalue weighted by Crippen LogP contribution is 2.42. The Morgan fingerprint density at radius 1 is 1.47 bits per heavy atom. The second-order valence-electron chi connectivity index (χ2n) is 5.70. The molecule has 0 bridgehead atoms. The second-order valence-corrected chi connectivity index (χ2v) is 5.70. The minimum Gasteiger partial charge on any atom is -0.375 e. The first-order chi connectivity index (χ1) is 8.02. The van der Waals surface area contributed by atoms with Crippen LogP contribution < -0.4 is 5.32 Å². The monoisotopic (exact) mass is 240 g/mol. The molecule has 1 heterocycles. The van der Waals surface area contributed by atoms with E-state index in [9.17, 15) is 4.79 Å². The van der Waals surface area contributed by atoms with Crippen molar-refractivity contribution in [3.8, 4) is 0 Å². The average molecular weight is 240 g/mol. The first kappa shape index (κ1) is 12.8. The molecule has 0 aromatic rings. The van der Waals surface area contributed by atoms with E-state index in [1.165, 1.54) is 19.3 Å². The maximum Gasteiger partial charge on any atom is 0.238 e. The number of rotatable bonds is 3. The summed E-state index contributed by atoms with van der Waals surface area (Å²) >= 11 is 0. The van der Waals surface area contributed by atoms with Crippen molar-refractivity contribution in [2.45, 2.75) is 56.7 Å². The standard InChI is InChI=1S/C13H24N2O2/c1-10(12(16)15(2)3)14-11-5-8-17-13(9-11)6-4-7-13/h10-11,14H,4-9H2,1-3H3. The van der Waals surface area contributed by atoms with E-state index in [0.717, 1.165) is 19.4 Å². The number of nitrogens with zero attached hydrogens (tertiary/aromatic N) is 1. The van der Waals surface area contributed by atoms with Gasteiger partial charge >= 0.3 is 0 Å². The van der Waals surface area contributed by atoms with Crippen molar-refractivity contribution in [3.05, 3.63) is 0 Å². The summed E-state index contributed by atoms with van der Waals surface area (Å²) in [7, 11) is 3.61. The molecule has 1 N–H and O–H groups in total. The van der Waals surface area contributed by atoms with Gasteiger partial charge in [0.2, 0.25) is 5.91 Å². The van der Waals surface area contributed by atoms with Crippen LogP contribution in [0.5, 0.6) is 0 Å². The normalized spacial score (nSPS) is 28.5. The molecule has 4 heteroatoms. The molecule has 1 aliphatic heterocycles. The average Bonchev–Trinajstić information content (AvgIpc) is 2.26. The molecular weight excluding hydrogens is 216 g/mol. The van der Waals surface area contributed by atoms with E-state index in [1.54, 1.807) is 19.0 Å². The van der Waals surface area contributed by atoms with Crippen molar-refractivity contribution in [3.63, 3.8) is 0 Å². The van der Waals surface area contributed by atoms with Crippen molar-refractivity contribution < 1.29 is 9.53 Å². The number of likely N-dealkylation sites (N-methyl/N-ethyl adjacent to an activating group) is 1. The summed E-state index contributed by atoms with van der Waals surface area (Å²) in [4.78, 5) is 13.4. The maximum atomic E-state index is 11.8. The lowest BCUT2D eigenvalue weighted by Gasteiger charge is -2.47. The Kier molecular flexibility index (Phi) is 3.73. The number of amides is 1. The summed E-state index contributed by atoms with van der Waals surface area (Å²) in [5.74, 6) is 0.152. The molecule has 2 unspecified atom stereocenters. The summed E-state index contributed by atoms with van der Waals surface area (Å²) in [6.45, 7) is 2.78. The van der Waals surface area contributed by atoms with Gasteiger partial charge in [0.15, 0.2) is 0 Å². The van der Waals surface area contributed by atoms with Crippen LogP contribution in [-0.2, 0) is 9.53 Å². The first-order valence-corrected chi connectivity index (χ1v) is 6.64. The molecular formula is C13H24N2O2. The molecule has 0 aromatic heterocycles. The zero-order chi connectivity index (χ0) is 12.5. The van der Waals surface area contributed by atoms with Crippen LogP contribution in [0.25, 0.3) is 0 Å². The molecule has 0 radical (unpaired) electrons. The molecule has 2 rings (SSSR count). The Balaban J connectivity index is 1.84. The van der Waals surface area contributed by atoms with Crippen molar-refractivity contribution in [1.82, 2.24) is 10.2 Å². The van der Waals surface area contributed by atoms with Crippen molar-refractivity contribution in [2.24, 2.45) is 0 Å². The van der Waals surface area contributed by atoms with Crippen LogP contribution in [0.15, 0.2) is 0 Å². The molecule has 0 aromatic carbocycles. The van der Waals surface area contributed by atoms with Crippen LogP contribution in [0.1, 0.15) is 39.0 Å². The fourth-order valence-electron chi connectivity index (χ4n) is 2.90. The molecule has 17 heavy (non-hydrogen) atoms. The minimum absolute atomic E-state index is 0.0924. The number of hydrogen-bond acceptors (Lipinski definition) is 3. The van der Waals surface area contributed by atoms with Crippen LogP contribution in [0.2, 0.25) is 0 Å². The van der Waals surface area contributed by atoms with Gasteiger partial charge in [-0.15, -0.1) is 0 Å². The predicted molar refractivity (Wildman–Crippen MR) is 66.8 cm³/mol. The number of nitrogens with one attached hydrogen (secondary N) is 1. The van der Waals surface area contributed by atoms with Gasteiger partial charge in [-0.25, -0.2) is 0 Å². The lowest BCUT2D eigenvalue weighted by Crippen LogP contribution is -2.54. The fourth-order valence-corrected chi connectivity index (χ4v) is 2.90. The van der Waals surface area contributed by atoms with E-state index < -0.39 is 0 Å². The van der Waals surface area contributed by atoms with Crippen LogP contribution >= 0.6 is 0 Å². The zero-order valence-corrected chi connectivity index (χ0v) is 11.2. The van der Waals surface area contributed by atoms with Gasteiger partial charge in [-0.2, -0.15) is 0 Å². The summed E-state index contributed by atoms with van der Waals surface area (Å²) in [6, 6.07) is 0.341. The Hall–Kier alpha value is -0.610. The third-order valence-corrected chi connectivity index (χ3v) is 4.05. The minimum atomic E-state index is -0.0924. The van der Waals surface area contributed by atoms with Crippen LogP contribution in [0.3, 0.4) is 0 Å². The molecule has 4 nitrogen and oxygen atoms in total. The van der Waals surface area contributed by atoms with Crippen LogP contribution in [0, 0.1) is 0 Å². The molecule has 1 amide bonds. The topological polar surface area (TPSA) is 41.6 Å². The summed E-state index contributed by atoms with van der Waals surface area (Å²) in [6.07, 6.45) is 5.77. The van der Waals surface area contributed by atoms with Crippen molar-refractivity contribution in [2.75, 3.05) is 20.7 Å². The third kappa shape index (κ3) is 2.80. The molecule has 1 saturated heterocycles. The first-order valence-electron chi connectivity index (χ1n) is 6.64. The highest BCUT2D eigenvalue weighted by molar-refractivity contribution is 5.80. The van der Waals surface area contributed by atoms with Gasteiger partial charge < -0.3 is 15.0 Å². The van der Waals surface area contributed by atoms with Gasteiger partial charge in [0, 0.05) is 26.7 Å². The fraction of sp³-hybridized carbons (Fsp3) is 0.923. The molecule has 1 spiro atoms. The Labute approximate surface area is 104 Å². The predicted octanol–water partition coefficient (Wildman–Crippen LogP) is 1.15. The van der Waals surface area contributed by atoms with Crippen LogP contribution in [-0.4, -0.2) is 49.2 Å². The van der Waals surface area contributed by atoms with Gasteiger partial charge in [-0.1, -0.05) is 0 Å². The molecule has 2 aliphatic rings. The summed E-state index contributed by atoms with van der Waals surface area (Å²) in [5, 5.41) is 3.45. The van der Waals surface area contributed by atoms with Gasteiger partial charge in [0.05, 0.1) is 11.6 Å². The smallest absolute Gasteiger partial charge is 0.238 e. The molecule has 2 atom stereocenters. The highest BCUT2D eigenvalue weighted by Gasteiger charge is 2.42. The second kappa shape index (κ2) is 4.94. The van der Waals surface area contributed by atoms with E-state index in [1.807, 2.05) is 6.92 Å². The number of hydrogen-bond donors (Lipinski definition) is 1. The maximum absolute atomic E-state index is 11.8. The van der Waals surface area contributed by atoms with Crippen molar-refractivity contribution in [1.29, 1.82) is 0 Å².